The maximum Gasteiger partial charge on any atom is 0.252 e. The summed E-state index contributed by atoms with van der Waals surface area (Å²) in [6.07, 6.45) is 6.57. The van der Waals surface area contributed by atoms with Gasteiger partial charge in [0.2, 0.25) is 0 Å². The van der Waals surface area contributed by atoms with Crippen molar-refractivity contribution in [2.24, 2.45) is 72.9 Å². The smallest absolute Gasteiger partial charge is 0.252 e. The Bertz CT molecular complexity index is 2420. The van der Waals surface area contributed by atoms with E-state index < -0.39 is 166 Å². The molecule has 434 valence electrons. The zero-order valence-corrected chi connectivity index (χ0v) is 46.5. The summed E-state index contributed by atoms with van der Waals surface area (Å²) in [6, 6.07) is 0. The maximum atomic E-state index is 18.0. The number of rotatable bonds is 19. The van der Waals surface area contributed by atoms with Crippen LogP contribution in [0.25, 0.3) is 0 Å². The van der Waals surface area contributed by atoms with Crippen LogP contribution in [0.2, 0.25) is 0 Å². The Hall–Kier alpha value is -4.09. The van der Waals surface area contributed by atoms with Crippen molar-refractivity contribution >= 4 is 40.5 Å². The molecule has 0 spiro atoms. The molecular weight excluding hydrogens is 1010 g/mol. The maximum absolute atomic E-state index is 18.0. The number of ketones is 4. The first-order valence-electron chi connectivity index (χ1n) is 27.6. The van der Waals surface area contributed by atoms with Crippen LogP contribution in [-0.4, -0.2) is 183 Å². The second kappa shape index (κ2) is 22.3. The number of nitrogens with one attached hydrogen (secondary N) is 1. The normalized spacial score (nSPS) is 42.8. The van der Waals surface area contributed by atoms with E-state index in [0.717, 1.165) is 0 Å². The molecule has 20 heteroatoms. The van der Waals surface area contributed by atoms with Gasteiger partial charge in [0, 0.05) is 60.0 Å². The quantitative estimate of drug-likeness (QED) is 0.0840. The molecule has 18 nitrogen and oxygen atoms in total. The minimum Gasteiger partial charge on any atom is -0.390 e. The minimum atomic E-state index is -2.54. The van der Waals surface area contributed by atoms with Gasteiger partial charge in [-0.25, -0.2) is 8.78 Å². The van der Waals surface area contributed by atoms with Gasteiger partial charge >= 0.3 is 0 Å². The number of allylic oxidation sites excluding steroid dienone is 8. The van der Waals surface area contributed by atoms with Crippen molar-refractivity contribution in [3.05, 3.63) is 47.6 Å². The predicted molar refractivity (Wildman–Crippen MR) is 284 cm³/mol. The number of carbonyl (C=O) groups is 5. The molecule has 0 radical (unpaired) electrons. The van der Waals surface area contributed by atoms with E-state index in [2.05, 4.69) is 21.0 Å². The molecule has 17 atom stereocenters. The van der Waals surface area contributed by atoms with Gasteiger partial charge in [0.1, 0.15) is 24.4 Å². The highest BCUT2D eigenvalue weighted by Gasteiger charge is 2.77. The Balaban J connectivity index is 0.00000436. The highest BCUT2D eigenvalue weighted by molar-refractivity contribution is 6.08. The number of aliphatic hydroxyl groups excluding tert-OH is 4. The average molecular weight is 1100 g/mol. The summed E-state index contributed by atoms with van der Waals surface area (Å²) in [6.45, 7) is 7.98. The molecule has 0 heterocycles. The lowest BCUT2D eigenvalue weighted by Crippen LogP contribution is -2.69. The Kier molecular flexibility index (Phi) is 17.6. The lowest BCUT2D eigenvalue weighted by Gasteiger charge is -2.62. The highest BCUT2D eigenvalue weighted by Crippen LogP contribution is 2.72. The molecule has 0 bridgehead atoms. The first-order chi connectivity index (χ1) is 36.6. The molecule has 1 unspecified atom stereocenters. The van der Waals surface area contributed by atoms with Gasteiger partial charge in [-0.3, -0.25) is 34.0 Å². The van der Waals surface area contributed by atoms with E-state index in [9.17, 15) is 59.7 Å². The van der Waals surface area contributed by atoms with Crippen molar-refractivity contribution in [1.29, 1.82) is 0 Å². The molecule has 1 amide bonds. The SMILES string of the molecule is CN.COCCOCCNC(=O)C(O)(CC(=O)CN=C1C=C[C@@]2(C)C(=C1)CC[C@H]1[C@@H]3C[C@@H](C)[C@](O)(C(=O)CO)[C@@]3(C)C[C@H](O)[C@@]12F)CC(=O)CN=C1C=C[C@@]2(C)C(=C1)CC[C@H]1[C@@H]3C[C@H](C)[C@](O)(C(=O)CO)[C@@]3(C)C[C@H](O)[C@@]12F. The Morgan fingerprint density at radius 3 is 1.50 bits per heavy atom. The van der Waals surface area contributed by atoms with E-state index in [0.29, 0.717) is 67.7 Å². The van der Waals surface area contributed by atoms with Gasteiger partial charge in [0.25, 0.3) is 5.91 Å². The first-order valence-corrected chi connectivity index (χ1v) is 27.6. The second-order valence-electron chi connectivity index (χ2n) is 24.5. The Morgan fingerprint density at radius 1 is 0.705 bits per heavy atom. The van der Waals surface area contributed by atoms with E-state index >= 15 is 8.78 Å². The second-order valence-corrected chi connectivity index (χ2v) is 24.5. The van der Waals surface area contributed by atoms with Gasteiger partial charge in [-0.1, -0.05) is 51.0 Å². The van der Waals surface area contributed by atoms with Gasteiger partial charge in [-0.05, 0) is 120 Å². The van der Waals surface area contributed by atoms with Crippen molar-refractivity contribution in [3.8, 4) is 0 Å². The molecule has 8 rings (SSSR count). The summed E-state index contributed by atoms with van der Waals surface area (Å²) < 4.78 is 46.4. The number of alkyl halides is 2. The molecule has 8 aliphatic carbocycles. The van der Waals surface area contributed by atoms with Crippen molar-refractivity contribution in [3.63, 3.8) is 0 Å². The third-order valence-corrected chi connectivity index (χ3v) is 20.8. The van der Waals surface area contributed by atoms with Crippen LogP contribution in [0.4, 0.5) is 8.78 Å². The number of amides is 1. The predicted octanol–water partition coefficient (Wildman–Crippen LogP) is 2.55. The van der Waals surface area contributed by atoms with Gasteiger partial charge in [0.15, 0.2) is 40.1 Å². The topological polar surface area (TPSA) is 308 Å². The standard InChI is InChI=1S/C57H79F2N3O14.CH5N/c1-32-20-42-40-10-8-34-22-36(12-14-49(34,3)54(40,58)44(67)26-51(42,5)56(32,73)46(69)30-63)61-28-38(65)24-53(72,48(71)60-16-17-76-19-18-75-7)25-39(66)29-62-37-13-15-50(4)35(23-37)9-11-41-43-21-33(2)57(74,47(70)31-64)52(43,6)27-45(68)55(41,50)59;1-2/h12-15,22-23,32-33,40-45,63-64,67-68,72-74H,8-11,16-21,24-31H2,1-7H3,(H,60,71);2H2,1H3/t32-,33+,40-,41-,42-,43-,44-,45-,49-,50-,51-,52-,53?,54-,55-,56-,57-;/m0./s1. The largest absolute Gasteiger partial charge is 0.390 e. The molecule has 0 aromatic heterocycles. The monoisotopic (exact) mass is 1100 g/mol. The van der Waals surface area contributed by atoms with Crippen LogP contribution in [0.3, 0.4) is 0 Å². The fourth-order valence-electron chi connectivity index (χ4n) is 16.7. The van der Waals surface area contributed by atoms with Crippen molar-refractivity contribution in [2.75, 3.05) is 66.8 Å². The molecule has 6 fully saturated rings. The van der Waals surface area contributed by atoms with Crippen LogP contribution in [0.15, 0.2) is 57.6 Å². The van der Waals surface area contributed by atoms with Crippen LogP contribution in [0.5, 0.6) is 0 Å². The number of ether oxygens (including phenoxy) is 2. The summed E-state index contributed by atoms with van der Waals surface area (Å²) in [5.41, 5.74) is -9.39. The van der Waals surface area contributed by atoms with Crippen LogP contribution in [0.1, 0.15) is 106 Å². The summed E-state index contributed by atoms with van der Waals surface area (Å²) in [7, 11) is 3.00. The zero-order chi connectivity index (χ0) is 57.8. The van der Waals surface area contributed by atoms with Gasteiger partial charge in [0.05, 0.1) is 56.5 Å². The van der Waals surface area contributed by atoms with E-state index in [4.69, 9.17) is 9.47 Å². The molecule has 6 saturated carbocycles. The van der Waals surface area contributed by atoms with Gasteiger partial charge < -0.3 is 56.3 Å². The van der Waals surface area contributed by atoms with Gasteiger partial charge in [-0.15, -0.1) is 0 Å². The molecule has 8 aliphatic rings. The highest BCUT2D eigenvalue weighted by atomic mass is 19.1. The number of hydrogen-bond donors (Lipinski definition) is 9. The number of nitrogens with two attached hydrogens (primary N) is 1. The lowest BCUT2D eigenvalue weighted by molar-refractivity contribution is -0.219. The van der Waals surface area contributed by atoms with Crippen molar-refractivity contribution < 1.29 is 78.0 Å². The van der Waals surface area contributed by atoms with Crippen LogP contribution in [-0.2, 0) is 33.4 Å². The molecule has 78 heavy (non-hydrogen) atoms. The first kappa shape index (κ1) is 61.5. The third kappa shape index (κ3) is 9.23. The van der Waals surface area contributed by atoms with Crippen molar-refractivity contribution in [1.82, 2.24) is 5.32 Å². The summed E-state index contributed by atoms with van der Waals surface area (Å²) in [4.78, 5) is 76.1. The van der Waals surface area contributed by atoms with E-state index in [1.54, 1.807) is 78.0 Å². The van der Waals surface area contributed by atoms with Crippen LogP contribution >= 0.6 is 0 Å². The number of carbonyl (C=O) groups excluding carboxylic acids is 5. The van der Waals surface area contributed by atoms with Gasteiger partial charge in [-0.2, -0.15) is 0 Å². The molecule has 0 aliphatic heterocycles. The Labute approximate surface area is 455 Å². The number of aliphatic imine (C=N–C) groups is 2. The average Bonchev–Trinajstić information content (AvgIpc) is 3.62. The number of halogens is 2. The number of aliphatic hydroxyl groups is 7. The van der Waals surface area contributed by atoms with E-state index in [-0.39, 0.29) is 32.6 Å². The number of nitrogens with zero attached hydrogens (tertiary/aromatic N) is 2. The number of hydrogen-bond acceptors (Lipinski definition) is 17. The molecule has 10 N–H and O–H groups in total. The fraction of sp³-hybridized carbons (Fsp3) is 0.741. The summed E-state index contributed by atoms with van der Waals surface area (Å²) in [5, 5.41) is 81.2. The van der Waals surface area contributed by atoms with E-state index in [1.165, 1.54) is 14.2 Å². The molecular formula is C58H84F2N4O14. The lowest BCUT2D eigenvalue weighted by atomic mass is 9.44. The minimum absolute atomic E-state index is 0.0412. The third-order valence-electron chi connectivity index (χ3n) is 20.8. The summed E-state index contributed by atoms with van der Waals surface area (Å²) in [5.74, 6) is -7.41. The van der Waals surface area contributed by atoms with Crippen LogP contribution in [0, 0.1) is 57.2 Å². The number of methoxy groups -OCH3 is 1. The molecule has 0 aromatic rings. The summed E-state index contributed by atoms with van der Waals surface area (Å²) >= 11 is 0. The molecule has 0 aromatic carbocycles. The van der Waals surface area contributed by atoms with Crippen LogP contribution < -0.4 is 11.1 Å². The number of fused-ring (bicyclic) bond motifs is 10. The van der Waals surface area contributed by atoms with Crippen molar-refractivity contribution in [2.45, 2.75) is 146 Å². The number of Topliss-reactive ketones (excluding diaryl/α,β-unsaturated/α-hetero) is 4. The zero-order valence-electron chi connectivity index (χ0n) is 46.5. The Morgan fingerprint density at radius 2 is 1.12 bits per heavy atom. The van der Waals surface area contributed by atoms with E-state index in [1.807, 2.05) is 0 Å². The fourth-order valence-corrected chi connectivity index (χ4v) is 16.7. The molecule has 0 saturated heterocycles.